The van der Waals surface area contributed by atoms with Crippen molar-refractivity contribution in [1.82, 2.24) is 10.6 Å². The summed E-state index contributed by atoms with van der Waals surface area (Å²) in [5.74, 6) is 2.48. The van der Waals surface area contributed by atoms with Crippen LogP contribution in [0.4, 0.5) is 10.1 Å². The lowest BCUT2D eigenvalue weighted by molar-refractivity contribution is 0.460. The van der Waals surface area contributed by atoms with Crippen LogP contribution in [0.25, 0.3) is 0 Å². The molecule has 0 radical (unpaired) electrons. The van der Waals surface area contributed by atoms with Crippen LogP contribution < -0.4 is 15.5 Å². The third-order valence-electron chi connectivity index (χ3n) is 4.82. The molecule has 26 heavy (non-hydrogen) atoms. The number of guanidine groups is 1. The van der Waals surface area contributed by atoms with Crippen molar-refractivity contribution in [2.45, 2.75) is 39.3 Å². The molecule has 5 nitrogen and oxygen atoms in total. The number of nitrogens with zero attached hydrogens (tertiary/aromatic N) is 2. The molecule has 0 bridgehead atoms. The van der Waals surface area contributed by atoms with Crippen molar-refractivity contribution in [3.63, 3.8) is 0 Å². The summed E-state index contributed by atoms with van der Waals surface area (Å²) in [6.45, 7) is 6.42. The van der Waals surface area contributed by atoms with Gasteiger partial charge in [0.05, 0.1) is 0 Å². The number of aryl methyl sites for hydroxylation is 2. The van der Waals surface area contributed by atoms with Crippen molar-refractivity contribution in [1.29, 1.82) is 0 Å². The molecule has 1 saturated heterocycles. The zero-order valence-electron chi connectivity index (χ0n) is 15.7. The number of furan rings is 1. The van der Waals surface area contributed by atoms with E-state index in [1.54, 1.807) is 19.2 Å². The largest absolute Gasteiger partial charge is 0.466 e. The Labute approximate surface area is 154 Å². The number of rotatable bonds is 4. The number of halogens is 1. The van der Waals surface area contributed by atoms with Gasteiger partial charge in [0.15, 0.2) is 5.96 Å². The Morgan fingerprint density at radius 2 is 2.04 bits per heavy atom. The average molecular weight is 358 g/mol. The molecule has 0 atom stereocenters. The van der Waals surface area contributed by atoms with Gasteiger partial charge in [0.1, 0.15) is 17.3 Å². The van der Waals surface area contributed by atoms with Crippen LogP contribution in [0.15, 0.2) is 39.7 Å². The fourth-order valence-corrected chi connectivity index (χ4v) is 3.38. The fourth-order valence-electron chi connectivity index (χ4n) is 3.38. The Kier molecular flexibility index (Phi) is 5.81. The van der Waals surface area contributed by atoms with Crippen molar-refractivity contribution in [2.24, 2.45) is 4.99 Å². The molecular weight excluding hydrogens is 331 g/mol. The maximum absolute atomic E-state index is 13.4. The first kappa shape index (κ1) is 18.3. The Hall–Kier alpha value is -2.50. The van der Waals surface area contributed by atoms with Gasteiger partial charge in [0.2, 0.25) is 0 Å². The van der Waals surface area contributed by atoms with Gasteiger partial charge in [-0.1, -0.05) is 6.07 Å². The number of hydrogen-bond donors (Lipinski definition) is 2. The highest BCUT2D eigenvalue weighted by Crippen LogP contribution is 2.20. The van der Waals surface area contributed by atoms with Gasteiger partial charge in [0, 0.05) is 44.0 Å². The Morgan fingerprint density at radius 3 is 2.65 bits per heavy atom. The summed E-state index contributed by atoms with van der Waals surface area (Å²) < 4.78 is 19.0. The molecule has 1 aromatic carbocycles. The van der Waals surface area contributed by atoms with Crippen molar-refractivity contribution in [3.8, 4) is 0 Å². The van der Waals surface area contributed by atoms with Gasteiger partial charge >= 0.3 is 0 Å². The molecule has 0 aliphatic carbocycles. The van der Waals surface area contributed by atoms with E-state index in [4.69, 9.17) is 4.42 Å². The monoisotopic (exact) mass is 358 g/mol. The van der Waals surface area contributed by atoms with E-state index in [1.807, 2.05) is 26.0 Å². The molecule has 0 saturated carbocycles. The molecule has 1 fully saturated rings. The summed E-state index contributed by atoms with van der Waals surface area (Å²) in [4.78, 5) is 6.55. The van der Waals surface area contributed by atoms with Crippen LogP contribution in [0.2, 0.25) is 0 Å². The second-order valence-electron chi connectivity index (χ2n) is 6.75. The second-order valence-corrected chi connectivity index (χ2v) is 6.75. The fraction of sp³-hybridized carbons (Fsp3) is 0.450. The smallest absolute Gasteiger partial charge is 0.191 e. The minimum atomic E-state index is -0.183. The number of benzene rings is 1. The van der Waals surface area contributed by atoms with E-state index in [2.05, 4.69) is 20.5 Å². The van der Waals surface area contributed by atoms with Crippen molar-refractivity contribution < 1.29 is 8.81 Å². The van der Waals surface area contributed by atoms with Crippen LogP contribution in [0.1, 0.15) is 29.9 Å². The molecular formula is C20H27FN4O. The lowest BCUT2D eigenvalue weighted by atomic mass is 10.0. The van der Waals surface area contributed by atoms with Crippen LogP contribution in [-0.4, -0.2) is 32.1 Å². The first-order chi connectivity index (χ1) is 12.5. The normalized spacial score (nSPS) is 16.0. The third kappa shape index (κ3) is 4.56. The molecule has 1 aliphatic heterocycles. The Morgan fingerprint density at radius 1 is 1.27 bits per heavy atom. The van der Waals surface area contributed by atoms with Crippen LogP contribution in [0.5, 0.6) is 0 Å². The topological polar surface area (TPSA) is 52.8 Å². The molecule has 0 amide bonds. The third-order valence-corrected chi connectivity index (χ3v) is 4.82. The number of aliphatic imine (C=N–C) groups is 1. The minimum Gasteiger partial charge on any atom is -0.466 e. The predicted molar refractivity (Wildman–Crippen MR) is 103 cm³/mol. The van der Waals surface area contributed by atoms with E-state index in [1.165, 1.54) is 6.07 Å². The van der Waals surface area contributed by atoms with Gasteiger partial charge in [-0.25, -0.2) is 4.39 Å². The Bertz CT molecular complexity index is 763. The molecule has 3 rings (SSSR count). The molecule has 2 heterocycles. The van der Waals surface area contributed by atoms with Gasteiger partial charge in [-0.15, -0.1) is 0 Å². The highest BCUT2D eigenvalue weighted by atomic mass is 19.1. The Balaban J connectivity index is 1.49. The minimum absolute atomic E-state index is 0.183. The zero-order valence-corrected chi connectivity index (χ0v) is 15.7. The summed E-state index contributed by atoms with van der Waals surface area (Å²) in [5.41, 5.74) is 2.10. The summed E-state index contributed by atoms with van der Waals surface area (Å²) in [5, 5.41) is 6.85. The quantitative estimate of drug-likeness (QED) is 0.650. The van der Waals surface area contributed by atoms with Gasteiger partial charge in [-0.2, -0.15) is 0 Å². The van der Waals surface area contributed by atoms with E-state index in [0.717, 1.165) is 54.7 Å². The van der Waals surface area contributed by atoms with Gasteiger partial charge < -0.3 is 20.0 Å². The van der Waals surface area contributed by atoms with Crippen LogP contribution in [0.3, 0.4) is 0 Å². The predicted octanol–water partition coefficient (Wildman–Crippen LogP) is 3.37. The maximum atomic E-state index is 13.4. The number of anilines is 1. The highest BCUT2D eigenvalue weighted by Gasteiger charge is 2.20. The second kappa shape index (κ2) is 8.25. The molecule has 2 aromatic rings. The van der Waals surface area contributed by atoms with E-state index in [-0.39, 0.29) is 5.82 Å². The molecule has 1 aliphatic rings. The highest BCUT2D eigenvalue weighted by molar-refractivity contribution is 5.80. The molecule has 0 spiro atoms. The molecule has 2 N–H and O–H groups in total. The maximum Gasteiger partial charge on any atom is 0.191 e. The number of nitrogens with one attached hydrogen (secondary N) is 2. The lowest BCUT2D eigenvalue weighted by Gasteiger charge is -2.34. The van der Waals surface area contributed by atoms with Crippen molar-refractivity contribution in [2.75, 3.05) is 25.0 Å². The molecule has 140 valence electrons. The van der Waals surface area contributed by atoms with E-state index < -0.39 is 0 Å². The van der Waals surface area contributed by atoms with Crippen LogP contribution in [0, 0.1) is 19.7 Å². The molecule has 1 aromatic heterocycles. The lowest BCUT2D eigenvalue weighted by Crippen LogP contribution is -2.48. The summed E-state index contributed by atoms with van der Waals surface area (Å²) in [6, 6.07) is 9.22. The summed E-state index contributed by atoms with van der Waals surface area (Å²) >= 11 is 0. The average Bonchev–Trinajstić information content (AvgIpc) is 2.96. The molecule has 0 unspecified atom stereocenters. The zero-order chi connectivity index (χ0) is 18.5. The van der Waals surface area contributed by atoms with Crippen LogP contribution in [-0.2, 0) is 6.54 Å². The van der Waals surface area contributed by atoms with Gasteiger partial charge in [-0.3, -0.25) is 4.99 Å². The SMILES string of the molecule is CN=C(NCc1cc(C)oc1C)NC1CCN(c2cccc(F)c2)CC1. The van der Waals surface area contributed by atoms with Crippen LogP contribution >= 0.6 is 0 Å². The standard InChI is InChI=1S/C20H27FN4O/c1-14-11-16(15(2)26-14)13-23-20(22-3)24-18-7-9-25(10-8-18)19-6-4-5-17(21)12-19/h4-6,11-12,18H,7-10,13H2,1-3H3,(H2,22,23,24). The van der Waals surface area contributed by atoms with Gasteiger partial charge in [0.25, 0.3) is 0 Å². The first-order valence-electron chi connectivity index (χ1n) is 9.09. The number of hydrogen-bond acceptors (Lipinski definition) is 3. The summed E-state index contributed by atoms with van der Waals surface area (Å²) in [6.07, 6.45) is 1.97. The van der Waals surface area contributed by atoms with Crippen molar-refractivity contribution >= 4 is 11.6 Å². The summed E-state index contributed by atoms with van der Waals surface area (Å²) in [7, 11) is 1.78. The van der Waals surface area contributed by atoms with Crippen molar-refractivity contribution in [3.05, 3.63) is 53.2 Å². The van der Waals surface area contributed by atoms with Gasteiger partial charge in [-0.05, 0) is 51.0 Å². The molecule has 6 heteroatoms. The van der Waals surface area contributed by atoms with E-state index in [9.17, 15) is 4.39 Å². The van der Waals surface area contributed by atoms with E-state index in [0.29, 0.717) is 12.6 Å². The number of piperidine rings is 1. The van der Waals surface area contributed by atoms with E-state index >= 15 is 0 Å². The first-order valence-corrected chi connectivity index (χ1v) is 9.09.